The predicted octanol–water partition coefficient (Wildman–Crippen LogP) is 8.69. The quantitative estimate of drug-likeness (QED) is 0.430. The summed E-state index contributed by atoms with van der Waals surface area (Å²) >= 11 is 5.90. The first-order valence-electron chi connectivity index (χ1n) is 9.75. The minimum atomic E-state index is 0.610. The van der Waals surface area contributed by atoms with Gasteiger partial charge in [0.1, 0.15) is 0 Å². The van der Waals surface area contributed by atoms with E-state index in [2.05, 4.69) is 81.4 Å². The molecule has 0 fully saturated rings. The standard InChI is InChI=1S/C24H34S3/c1-13(2)25-23-15(5)11-21(17(7)19(23)9)27-22-12-16(6)24(26-14(3)4)20(10)18(22)8/h11-14H,1-10H3. The van der Waals surface area contributed by atoms with E-state index in [0.717, 1.165) is 0 Å². The van der Waals surface area contributed by atoms with Gasteiger partial charge in [-0.2, -0.15) is 0 Å². The maximum absolute atomic E-state index is 2.39. The summed E-state index contributed by atoms with van der Waals surface area (Å²) in [5.41, 5.74) is 8.52. The third-order valence-electron chi connectivity index (χ3n) is 4.88. The predicted molar refractivity (Wildman–Crippen MR) is 127 cm³/mol. The molecule has 27 heavy (non-hydrogen) atoms. The molecule has 2 aromatic rings. The van der Waals surface area contributed by atoms with Gasteiger partial charge in [-0.05, 0) is 87.1 Å². The van der Waals surface area contributed by atoms with Gasteiger partial charge in [-0.1, -0.05) is 39.5 Å². The van der Waals surface area contributed by atoms with Crippen molar-refractivity contribution in [3.63, 3.8) is 0 Å². The Kier molecular flexibility index (Phi) is 7.87. The Morgan fingerprint density at radius 2 is 0.889 bits per heavy atom. The lowest BCUT2D eigenvalue weighted by Crippen LogP contribution is -1.98. The van der Waals surface area contributed by atoms with Crippen LogP contribution < -0.4 is 0 Å². The van der Waals surface area contributed by atoms with Crippen LogP contribution in [0.5, 0.6) is 0 Å². The van der Waals surface area contributed by atoms with Gasteiger partial charge in [-0.15, -0.1) is 23.5 Å². The van der Waals surface area contributed by atoms with Crippen LogP contribution in [0.1, 0.15) is 61.1 Å². The molecule has 3 heteroatoms. The average molecular weight is 419 g/mol. The molecule has 0 N–H and O–H groups in total. The highest BCUT2D eigenvalue weighted by atomic mass is 32.2. The minimum absolute atomic E-state index is 0.610. The number of hydrogen-bond donors (Lipinski definition) is 0. The summed E-state index contributed by atoms with van der Waals surface area (Å²) in [6.45, 7) is 22.7. The van der Waals surface area contributed by atoms with Crippen molar-refractivity contribution >= 4 is 35.3 Å². The van der Waals surface area contributed by atoms with Gasteiger partial charge < -0.3 is 0 Å². The zero-order chi connectivity index (χ0) is 20.5. The largest absolute Gasteiger partial charge is 0.123 e. The molecule has 0 amide bonds. The first-order valence-corrected chi connectivity index (χ1v) is 12.3. The lowest BCUT2D eigenvalue weighted by atomic mass is 10.1. The minimum Gasteiger partial charge on any atom is -0.123 e. The Labute approximate surface area is 179 Å². The fraction of sp³-hybridized carbons (Fsp3) is 0.500. The Morgan fingerprint density at radius 1 is 0.556 bits per heavy atom. The van der Waals surface area contributed by atoms with Gasteiger partial charge in [0, 0.05) is 30.1 Å². The summed E-state index contributed by atoms with van der Waals surface area (Å²) in [4.78, 5) is 5.70. The first kappa shape index (κ1) is 22.8. The molecule has 0 saturated carbocycles. The summed E-state index contributed by atoms with van der Waals surface area (Å²) in [7, 11) is 0. The van der Waals surface area contributed by atoms with Crippen LogP contribution in [-0.4, -0.2) is 10.5 Å². The van der Waals surface area contributed by atoms with Crippen molar-refractivity contribution in [2.45, 2.75) is 99.3 Å². The summed E-state index contributed by atoms with van der Waals surface area (Å²) in [6.07, 6.45) is 0. The van der Waals surface area contributed by atoms with Crippen LogP contribution in [0.25, 0.3) is 0 Å². The summed E-state index contributed by atoms with van der Waals surface area (Å²) in [5, 5.41) is 1.22. The maximum Gasteiger partial charge on any atom is 0.0157 e. The van der Waals surface area contributed by atoms with Crippen LogP contribution >= 0.6 is 35.3 Å². The van der Waals surface area contributed by atoms with E-state index in [1.807, 2.05) is 35.3 Å². The molecule has 0 saturated heterocycles. The van der Waals surface area contributed by atoms with Crippen LogP contribution in [0.2, 0.25) is 0 Å². The molecule has 0 atom stereocenters. The van der Waals surface area contributed by atoms with Gasteiger partial charge >= 0.3 is 0 Å². The second-order valence-corrected chi connectivity index (χ2v) is 12.2. The third-order valence-corrected chi connectivity index (χ3v) is 8.84. The van der Waals surface area contributed by atoms with Gasteiger partial charge in [0.15, 0.2) is 0 Å². The van der Waals surface area contributed by atoms with E-state index < -0.39 is 0 Å². The Balaban J connectivity index is 2.46. The van der Waals surface area contributed by atoms with Crippen molar-refractivity contribution in [3.05, 3.63) is 45.5 Å². The fourth-order valence-corrected chi connectivity index (χ4v) is 6.62. The summed E-state index contributed by atoms with van der Waals surface area (Å²) in [6, 6.07) is 4.77. The van der Waals surface area contributed by atoms with Crippen LogP contribution in [0, 0.1) is 41.5 Å². The molecule has 2 rings (SSSR count). The van der Waals surface area contributed by atoms with Crippen LogP contribution in [0.15, 0.2) is 31.7 Å². The van der Waals surface area contributed by atoms with Crippen molar-refractivity contribution in [2.24, 2.45) is 0 Å². The second-order valence-electron chi connectivity index (χ2n) is 7.98. The zero-order valence-electron chi connectivity index (χ0n) is 18.5. The van der Waals surface area contributed by atoms with Crippen molar-refractivity contribution in [1.82, 2.24) is 0 Å². The molecule has 0 aliphatic carbocycles. The zero-order valence-corrected chi connectivity index (χ0v) is 21.0. The van der Waals surface area contributed by atoms with Gasteiger partial charge in [-0.25, -0.2) is 0 Å². The van der Waals surface area contributed by atoms with Gasteiger partial charge in [0.05, 0.1) is 0 Å². The maximum atomic E-state index is 2.39. The lowest BCUT2D eigenvalue weighted by Gasteiger charge is -2.20. The highest BCUT2D eigenvalue weighted by Gasteiger charge is 2.16. The van der Waals surface area contributed by atoms with Crippen LogP contribution in [0.3, 0.4) is 0 Å². The number of hydrogen-bond acceptors (Lipinski definition) is 3. The van der Waals surface area contributed by atoms with Crippen molar-refractivity contribution in [3.8, 4) is 0 Å². The number of rotatable bonds is 6. The SMILES string of the molecule is Cc1cc(Sc2cc(C)c(SC(C)C)c(C)c2C)c(C)c(C)c1SC(C)C. The molecule has 0 radical (unpaired) electrons. The highest BCUT2D eigenvalue weighted by molar-refractivity contribution is 8.00. The first-order chi connectivity index (χ1) is 12.5. The van der Waals surface area contributed by atoms with Crippen LogP contribution in [0.4, 0.5) is 0 Å². The molecule has 148 valence electrons. The van der Waals surface area contributed by atoms with E-state index in [1.54, 1.807) is 0 Å². The van der Waals surface area contributed by atoms with E-state index >= 15 is 0 Å². The van der Waals surface area contributed by atoms with E-state index in [0.29, 0.717) is 10.5 Å². The molecule has 0 spiro atoms. The Morgan fingerprint density at radius 3 is 1.19 bits per heavy atom. The molecule has 0 heterocycles. The summed E-state index contributed by atoms with van der Waals surface area (Å²) < 4.78 is 0. The van der Waals surface area contributed by atoms with E-state index in [1.165, 1.54) is 53.0 Å². The monoisotopic (exact) mass is 418 g/mol. The van der Waals surface area contributed by atoms with Crippen LogP contribution in [-0.2, 0) is 0 Å². The second kappa shape index (κ2) is 9.33. The average Bonchev–Trinajstić information content (AvgIpc) is 2.57. The Bertz CT molecular complexity index is 763. The topological polar surface area (TPSA) is 0 Å². The number of aryl methyl sites for hydroxylation is 2. The summed E-state index contributed by atoms with van der Waals surface area (Å²) in [5.74, 6) is 0. The molecular formula is C24H34S3. The molecule has 2 aromatic carbocycles. The van der Waals surface area contributed by atoms with Crippen molar-refractivity contribution in [2.75, 3.05) is 0 Å². The molecular weight excluding hydrogens is 384 g/mol. The lowest BCUT2D eigenvalue weighted by molar-refractivity contribution is 1.06. The molecule has 0 unspecified atom stereocenters. The normalized spacial score (nSPS) is 11.7. The molecule has 0 aromatic heterocycles. The van der Waals surface area contributed by atoms with Gasteiger partial charge in [0.2, 0.25) is 0 Å². The van der Waals surface area contributed by atoms with E-state index in [-0.39, 0.29) is 0 Å². The van der Waals surface area contributed by atoms with Gasteiger partial charge in [-0.3, -0.25) is 0 Å². The van der Waals surface area contributed by atoms with E-state index in [9.17, 15) is 0 Å². The molecule has 0 bridgehead atoms. The highest BCUT2D eigenvalue weighted by Crippen LogP contribution is 2.42. The van der Waals surface area contributed by atoms with Crippen molar-refractivity contribution in [1.29, 1.82) is 0 Å². The smallest absolute Gasteiger partial charge is 0.0157 e. The molecule has 0 nitrogen and oxygen atoms in total. The fourth-order valence-electron chi connectivity index (χ4n) is 3.21. The van der Waals surface area contributed by atoms with Gasteiger partial charge in [0.25, 0.3) is 0 Å². The number of thioether (sulfide) groups is 2. The van der Waals surface area contributed by atoms with E-state index in [4.69, 9.17) is 0 Å². The third kappa shape index (κ3) is 5.31. The molecule has 0 aliphatic heterocycles. The number of benzene rings is 2. The molecule has 0 aliphatic rings. The van der Waals surface area contributed by atoms with Crippen molar-refractivity contribution < 1.29 is 0 Å². The Hall–Kier alpha value is -0.510.